The minimum Gasteiger partial charge on any atom is -0.383 e. The van der Waals surface area contributed by atoms with Crippen LogP contribution in [0.2, 0.25) is 0 Å². The minimum atomic E-state index is -0.0653. The molecule has 0 aromatic heterocycles. The Morgan fingerprint density at radius 1 is 1.33 bits per heavy atom. The topological polar surface area (TPSA) is 50.4 Å². The van der Waals surface area contributed by atoms with Crippen LogP contribution in [0.3, 0.4) is 0 Å². The Morgan fingerprint density at radius 2 is 2.00 bits per heavy atom. The van der Waals surface area contributed by atoms with Crippen LogP contribution in [0.15, 0.2) is 24.3 Å². The van der Waals surface area contributed by atoms with Gasteiger partial charge in [0.05, 0.1) is 12.6 Å². The number of benzene rings is 1. The largest absolute Gasteiger partial charge is 0.383 e. The van der Waals surface area contributed by atoms with Crippen LogP contribution in [-0.2, 0) is 9.53 Å². The molecular weight excluding hydrogens is 228 g/mol. The van der Waals surface area contributed by atoms with E-state index in [1.165, 1.54) is 6.92 Å². The number of methoxy groups -OCH3 is 1. The molecule has 0 saturated carbocycles. The van der Waals surface area contributed by atoms with Crippen molar-refractivity contribution in [3.05, 3.63) is 24.3 Å². The highest BCUT2D eigenvalue weighted by atomic mass is 16.5. The number of hydrogen-bond acceptors (Lipinski definition) is 3. The molecule has 0 aliphatic rings. The average Bonchev–Trinajstić information content (AvgIpc) is 2.28. The number of carbonyl (C=O) groups is 1. The van der Waals surface area contributed by atoms with E-state index in [1.807, 2.05) is 24.3 Å². The van der Waals surface area contributed by atoms with Crippen LogP contribution < -0.4 is 10.6 Å². The molecule has 0 aliphatic heterocycles. The summed E-state index contributed by atoms with van der Waals surface area (Å²) in [5.74, 6) is 0.402. The Kier molecular flexibility index (Phi) is 5.65. The van der Waals surface area contributed by atoms with E-state index in [9.17, 15) is 4.79 Å². The van der Waals surface area contributed by atoms with E-state index in [0.29, 0.717) is 12.5 Å². The van der Waals surface area contributed by atoms with Crippen molar-refractivity contribution in [1.29, 1.82) is 0 Å². The second-order valence-corrected chi connectivity index (χ2v) is 4.71. The third-order valence-electron chi connectivity index (χ3n) is 2.69. The molecule has 0 fully saturated rings. The number of amides is 1. The monoisotopic (exact) mass is 250 g/mol. The maximum absolute atomic E-state index is 11.0. The van der Waals surface area contributed by atoms with Gasteiger partial charge in [0.25, 0.3) is 0 Å². The van der Waals surface area contributed by atoms with Crippen molar-refractivity contribution >= 4 is 17.3 Å². The smallest absolute Gasteiger partial charge is 0.221 e. The summed E-state index contributed by atoms with van der Waals surface area (Å²) in [6, 6.07) is 7.94. The van der Waals surface area contributed by atoms with Crippen LogP contribution in [0.25, 0.3) is 0 Å². The molecule has 100 valence electrons. The zero-order valence-corrected chi connectivity index (χ0v) is 11.5. The summed E-state index contributed by atoms with van der Waals surface area (Å²) < 4.78 is 5.20. The van der Waals surface area contributed by atoms with Gasteiger partial charge in [-0.3, -0.25) is 4.79 Å². The molecule has 0 aliphatic carbocycles. The van der Waals surface area contributed by atoms with E-state index in [4.69, 9.17) is 4.74 Å². The third-order valence-corrected chi connectivity index (χ3v) is 2.69. The summed E-state index contributed by atoms with van der Waals surface area (Å²) >= 11 is 0. The lowest BCUT2D eigenvalue weighted by atomic mass is 10.0. The number of rotatable bonds is 6. The lowest BCUT2D eigenvalue weighted by Gasteiger charge is -2.23. The summed E-state index contributed by atoms with van der Waals surface area (Å²) in [6.45, 7) is 6.45. The fourth-order valence-electron chi connectivity index (χ4n) is 1.68. The molecule has 0 bridgehead atoms. The van der Waals surface area contributed by atoms with E-state index in [-0.39, 0.29) is 11.9 Å². The maximum atomic E-state index is 11.0. The van der Waals surface area contributed by atoms with E-state index >= 15 is 0 Å². The zero-order chi connectivity index (χ0) is 13.5. The maximum Gasteiger partial charge on any atom is 0.221 e. The zero-order valence-electron chi connectivity index (χ0n) is 11.5. The molecule has 0 spiro atoms. The van der Waals surface area contributed by atoms with Crippen LogP contribution >= 0.6 is 0 Å². The Labute approximate surface area is 109 Å². The molecule has 0 saturated heterocycles. The third kappa shape index (κ3) is 4.75. The van der Waals surface area contributed by atoms with Crippen LogP contribution in [0.4, 0.5) is 11.4 Å². The fourth-order valence-corrected chi connectivity index (χ4v) is 1.68. The van der Waals surface area contributed by atoms with Gasteiger partial charge < -0.3 is 15.4 Å². The van der Waals surface area contributed by atoms with Gasteiger partial charge in [-0.1, -0.05) is 19.9 Å². The quantitative estimate of drug-likeness (QED) is 0.816. The molecule has 4 nitrogen and oxygen atoms in total. The molecule has 1 aromatic carbocycles. The molecule has 1 amide bonds. The van der Waals surface area contributed by atoms with Crippen molar-refractivity contribution in [1.82, 2.24) is 0 Å². The number of hydrogen-bond donors (Lipinski definition) is 2. The molecule has 1 rings (SSSR count). The highest BCUT2D eigenvalue weighted by molar-refractivity contribution is 5.89. The van der Waals surface area contributed by atoms with Crippen LogP contribution in [0, 0.1) is 5.92 Å². The number of carbonyl (C=O) groups excluding carboxylic acids is 1. The Hall–Kier alpha value is -1.55. The lowest BCUT2D eigenvalue weighted by molar-refractivity contribution is -0.114. The predicted octanol–water partition coefficient (Wildman–Crippen LogP) is 2.73. The van der Waals surface area contributed by atoms with E-state index < -0.39 is 0 Å². The molecule has 0 heterocycles. The van der Waals surface area contributed by atoms with Crippen molar-refractivity contribution in [2.45, 2.75) is 26.8 Å². The number of anilines is 2. The van der Waals surface area contributed by atoms with Gasteiger partial charge in [-0.2, -0.15) is 0 Å². The molecule has 18 heavy (non-hydrogen) atoms. The first-order chi connectivity index (χ1) is 8.52. The lowest BCUT2D eigenvalue weighted by Crippen LogP contribution is -2.30. The molecular formula is C14H22N2O2. The highest BCUT2D eigenvalue weighted by Crippen LogP contribution is 2.18. The van der Waals surface area contributed by atoms with Crippen molar-refractivity contribution in [2.75, 3.05) is 24.4 Å². The Bertz CT molecular complexity index is 391. The molecule has 1 aromatic rings. The first-order valence-corrected chi connectivity index (χ1v) is 6.16. The normalized spacial score (nSPS) is 12.3. The highest BCUT2D eigenvalue weighted by Gasteiger charge is 2.12. The molecule has 1 unspecified atom stereocenters. The second-order valence-electron chi connectivity index (χ2n) is 4.71. The van der Waals surface area contributed by atoms with Gasteiger partial charge in [-0.25, -0.2) is 0 Å². The fraction of sp³-hybridized carbons (Fsp3) is 0.500. The summed E-state index contributed by atoms with van der Waals surface area (Å²) in [5.41, 5.74) is 1.78. The Morgan fingerprint density at radius 3 is 2.56 bits per heavy atom. The van der Waals surface area contributed by atoms with E-state index in [1.54, 1.807) is 7.11 Å². The summed E-state index contributed by atoms with van der Waals surface area (Å²) in [6.07, 6.45) is 0. The predicted molar refractivity (Wildman–Crippen MR) is 74.9 cm³/mol. The summed E-state index contributed by atoms with van der Waals surface area (Å²) in [5, 5.41) is 6.19. The van der Waals surface area contributed by atoms with E-state index in [2.05, 4.69) is 24.5 Å². The first kappa shape index (κ1) is 14.5. The van der Waals surface area contributed by atoms with Gasteiger partial charge in [0, 0.05) is 25.4 Å². The number of ether oxygens (including phenoxy) is 1. The van der Waals surface area contributed by atoms with Gasteiger partial charge in [-0.05, 0) is 24.1 Å². The van der Waals surface area contributed by atoms with Crippen LogP contribution in [0.5, 0.6) is 0 Å². The van der Waals surface area contributed by atoms with E-state index in [0.717, 1.165) is 11.4 Å². The van der Waals surface area contributed by atoms with Gasteiger partial charge in [0.2, 0.25) is 5.91 Å². The van der Waals surface area contributed by atoms with Gasteiger partial charge in [0.1, 0.15) is 0 Å². The van der Waals surface area contributed by atoms with Crippen molar-refractivity contribution in [3.8, 4) is 0 Å². The Balaban J connectivity index is 2.73. The van der Waals surface area contributed by atoms with Gasteiger partial charge >= 0.3 is 0 Å². The molecule has 2 N–H and O–H groups in total. The SMILES string of the molecule is COCC(Nc1cccc(NC(C)=O)c1)C(C)C. The van der Waals surface area contributed by atoms with Crippen LogP contribution in [0.1, 0.15) is 20.8 Å². The van der Waals surface area contributed by atoms with Gasteiger partial charge in [0.15, 0.2) is 0 Å². The minimum absolute atomic E-state index is 0.0653. The summed E-state index contributed by atoms with van der Waals surface area (Å²) in [7, 11) is 1.70. The standard InChI is InChI=1S/C14H22N2O2/c1-10(2)14(9-18-4)16-13-7-5-6-12(8-13)15-11(3)17/h5-8,10,14,16H,9H2,1-4H3,(H,15,17). The van der Waals surface area contributed by atoms with Crippen molar-refractivity contribution in [2.24, 2.45) is 5.92 Å². The number of nitrogens with one attached hydrogen (secondary N) is 2. The summed E-state index contributed by atoms with van der Waals surface area (Å²) in [4.78, 5) is 11.0. The molecule has 1 atom stereocenters. The molecule has 0 radical (unpaired) electrons. The van der Waals surface area contributed by atoms with Gasteiger partial charge in [-0.15, -0.1) is 0 Å². The molecule has 4 heteroatoms. The second kappa shape index (κ2) is 7.01. The van der Waals surface area contributed by atoms with Crippen molar-refractivity contribution in [3.63, 3.8) is 0 Å². The van der Waals surface area contributed by atoms with Crippen molar-refractivity contribution < 1.29 is 9.53 Å². The average molecular weight is 250 g/mol. The van der Waals surface area contributed by atoms with Crippen LogP contribution in [-0.4, -0.2) is 25.7 Å². The first-order valence-electron chi connectivity index (χ1n) is 6.16.